The lowest BCUT2D eigenvalue weighted by molar-refractivity contribution is -0.303. The van der Waals surface area contributed by atoms with Crippen molar-refractivity contribution >= 4 is 41.6 Å². The minimum absolute atomic E-state index is 0.0392. The van der Waals surface area contributed by atoms with Crippen molar-refractivity contribution in [1.82, 2.24) is 14.7 Å². The second-order valence-electron chi connectivity index (χ2n) is 19.8. The summed E-state index contributed by atoms with van der Waals surface area (Å²) < 4.78 is 43.8. The van der Waals surface area contributed by atoms with Crippen LogP contribution in [0.5, 0.6) is 0 Å². The van der Waals surface area contributed by atoms with Crippen molar-refractivity contribution in [3.63, 3.8) is 0 Å². The number of methoxy groups -OCH3 is 1. The van der Waals surface area contributed by atoms with Crippen LogP contribution in [-0.4, -0.2) is 149 Å². The van der Waals surface area contributed by atoms with Gasteiger partial charge >= 0.3 is 24.2 Å². The molecule has 364 valence electrons. The zero-order valence-electron chi connectivity index (χ0n) is 40.0. The molecule has 5 aliphatic rings. The normalized spacial score (nSPS) is 38.9. The van der Waals surface area contributed by atoms with Gasteiger partial charge in [0.25, 0.3) is 0 Å². The monoisotopic (exact) mass is 933 g/mol. The average Bonchev–Trinajstić information content (AvgIpc) is 4.00. The Morgan fingerprint density at radius 1 is 0.985 bits per heavy atom. The van der Waals surface area contributed by atoms with Gasteiger partial charge in [0, 0.05) is 48.5 Å². The van der Waals surface area contributed by atoms with Gasteiger partial charge in [-0.25, -0.2) is 19.3 Å². The maximum atomic E-state index is 15.0. The predicted molar refractivity (Wildman–Crippen MR) is 239 cm³/mol. The number of fused-ring (bicyclic) bond motifs is 1. The number of nitrogens with zero attached hydrogens (tertiary/aromatic N) is 3. The van der Waals surface area contributed by atoms with Crippen LogP contribution in [0.15, 0.2) is 24.3 Å². The summed E-state index contributed by atoms with van der Waals surface area (Å²) >= 11 is 6.16. The summed E-state index contributed by atoms with van der Waals surface area (Å²) in [7, 11) is 3.52. The number of halogens is 1. The van der Waals surface area contributed by atoms with E-state index in [0.29, 0.717) is 23.9 Å². The summed E-state index contributed by atoms with van der Waals surface area (Å²) in [5, 5.41) is 12.7. The molecule has 1 aliphatic carbocycles. The van der Waals surface area contributed by atoms with E-state index in [9.17, 15) is 24.3 Å². The molecule has 3 amide bonds. The van der Waals surface area contributed by atoms with Gasteiger partial charge in [-0.2, -0.15) is 0 Å². The number of ketones is 1. The van der Waals surface area contributed by atoms with Gasteiger partial charge in [0.15, 0.2) is 11.9 Å². The SMILES string of the molecule is CC[C@H]1OC(=O)[C@H](C)[C@@H](OC(=O)N2C(=O)OC[C@@H]2C)[C@H](C)[C@@H](O[C@@H]2O[C@H](C)C[C@H](N(C)C3CCCC3)[C@H]2O)[C@@](C)(OC)C[C@@H](C)C(=O)[C@@H](C)[C@H]2N(CCc3ccc(Cl)cc3)C(=O)O[C@]12C. The minimum atomic E-state index is -1.49. The quantitative estimate of drug-likeness (QED) is 0.184. The van der Waals surface area contributed by atoms with Gasteiger partial charge in [0.2, 0.25) is 0 Å². The summed E-state index contributed by atoms with van der Waals surface area (Å²) in [5.74, 6) is -4.64. The number of amides is 3. The molecule has 4 saturated heterocycles. The Hall–Kier alpha value is -3.54. The smallest absolute Gasteiger partial charge is 0.419 e. The molecule has 0 spiro atoms. The van der Waals surface area contributed by atoms with E-state index in [1.165, 1.54) is 7.11 Å². The van der Waals surface area contributed by atoms with Crippen LogP contribution in [0.4, 0.5) is 14.4 Å². The molecule has 0 unspecified atom stereocenters. The Morgan fingerprint density at radius 3 is 2.25 bits per heavy atom. The highest BCUT2D eigenvalue weighted by Gasteiger charge is 2.61. The fraction of sp³-hybridized carbons (Fsp3) is 0.771. The second-order valence-corrected chi connectivity index (χ2v) is 20.2. The molecule has 6 rings (SSSR count). The number of rotatable bonds is 10. The van der Waals surface area contributed by atoms with Gasteiger partial charge in [-0.15, -0.1) is 0 Å². The first-order valence-electron chi connectivity index (χ1n) is 23.6. The lowest BCUT2D eigenvalue weighted by Gasteiger charge is -2.49. The Labute approximate surface area is 389 Å². The van der Waals surface area contributed by atoms with Crippen molar-refractivity contribution in [2.24, 2.45) is 23.7 Å². The van der Waals surface area contributed by atoms with Crippen LogP contribution < -0.4 is 0 Å². The highest BCUT2D eigenvalue weighted by Crippen LogP contribution is 2.44. The van der Waals surface area contributed by atoms with Crippen LogP contribution in [0.1, 0.15) is 113 Å². The van der Waals surface area contributed by atoms with Crippen LogP contribution >= 0.6 is 11.6 Å². The Bertz CT molecular complexity index is 1870. The fourth-order valence-corrected chi connectivity index (χ4v) is 11.5. The van der Waals surface area contributed by atoms with Crippen molar-refractivity contribution in [2.45, 2.75) is 186 Å². The molecular weight excluding hydrogens is 862 g/mol. The number of hydrogen-bond donors (Lipinski definition) is 1. The number of esters is 1. The van der Waals surface area contributed by atoms with E-state index in [1.807, 2.05) is 26.1 Å². The van der Waals surface area contributed by atoms with E-state index in [-0.39, 0.29) is 43.9 Å². The van der Waals surface area contributed by atoms with Crippen molar-refractivity contribution < 1.29 is 62.2 Å². The molecule has 15 atom stereocenters. The maximum Gasteiger partial charge on any atom is 0.419 e. The molecule has 1 N–H and O–H groups in total. The topological polar surface area (TPSA) is 180 Å². The van der Waals surface area contributed by atoms with E-state index < -0.39 is 102 Å². The maximum absolute atomic E-state index is 15.0. The molecule has 0 bridgehead atoms. The van der Waals surface area contributed by atoms with E-state index >= 15 is 4.79 Å². The molecule has 4 heterocycles. The van der Waals surface area contributed by atoms with Gasteiger partial charge in [0.05, 0.1) is 35.8 Å². The van der Waals surface area contributed by atoms with Gasteiger partial charge in [-0.1, -0.05) is 64.3 Å². The molecule has 1 aromatic rings. The number of Topliss-reactive ketones (excluding diaryl/α,β-unsaturated/α-hetero) is 1. The molecular formula is C48H72ClN3O13. The van der Waals surface area contributed by atoms with Gasteiger partial charge < -0.3 is 38.3 Å². The molecule has 0 aromatic heterocycles. The minimum Gasteiger partial charge on any atom is -0.458 e. The largest absolute Gasteiger partial charge is 0.458 e. The lowest BCUT2D eigenvalue weighted by Crippen LogP contribution is -2.62. The third kappa shape index (κ3) is 10.5. The van der Waals surface area contributed by atoms with Crippen LogP contribution in [-0.2, 0) is 49.2 Å². The number of benzene rings is 1. The third-order valence-electron chi connectivity index (χ3n) is 15.2. The molecule has 1 aromatic carbocycles. The van der Waals surface area contributed by atoms with E-state index in [0.717, 1.165) is 36.1 Å². The number of likely N-dealkylation sites (N-methyl/N-ethyl adjacent to an activating group) is 1. The van der Waals surface area contributed by atoms with Crippen molar-refractivity contribution in [1.29, 1.82) is 0 Å². The standard InChI is InChI=1S/C48H72ClN3O13/c1-12-36-48(9)40(51(44(56)65-48)22-21-32-17-19-33(49)20-18-32)29(5)37(53)26(2)24-47(8,59-11)41(64-43-38(54)35(23-28(4)61-43)50(10)34-15-13-14-16-34)30(6)39(31(7)42(55)62-36)63-46(58)52-27(3)25-60-45(52)57/h17-20,26-31,34-36,38-41,43,54H,12-16,21-25H2,1-11H3/t26-,27+,28-,29-,30+,31-,35+,36-,38-,39+,40-,41-,43+,47+,48-/m1/s1. The first-order chi connectivity index (χ1) is 30.6. The van der Waals surface area contributed by atoms with Crippen molar-refractivity contribution in [2.75, 3.05) is 27.3 Å². The van der Waals surface area contributed by atoms with Crippen LogP contribution in [0, 0.1) is 23.7 Å². The van der Waals surface area contributed by atoms with Gasteiger partial charge in [0.1, 0.15) is 30.7 Å². The number of imide groups is 1. The van der Waals surface area contributed by atoms with Crippen LogP contribution in [0.2, 0.25) is 5.02 Å². The zero-order valence-corrected chi connectivity index (χ0v) is 40.8. The number of carbonyl (C=O) groups excluding carboxylic acids is 5. The Balaban J connectivity index is 1.43. The number of ether oxygens (including phenoxy) is 7. The number of cyclic esters (lactones) is 2. The van der Waals surface area contributed by atoms with E-state index in [1.54, 1.807) is 72.4 Å². The molecule has 17 heteroatoms. The van der Waals surface area contributed by atoms with E-state index in [4.69, 9.17) is 44.8 Å². The highest BCUT2D eigenvalue weighted by atomic mass is 35.5. The van der Waals surface area contributed by atoms with Crippen LogP contribution in [0.3, 0.4) is 0 Å². The molecule has 65 heavy (non-hydrogen) atoms. The third-order valence-corrected chi connectivity index (χ3v) is 15.4. The average molecular weight is 935 g/mol. The number of hydrogen-bond acceptors (Lipinski definition) is 14. The molecule has 1 saturated carbocycles. The van der Waals surface area contributed by atoms with Gasteiger partial charge in [-0.3, -0.25) is 19.4 Å². The van der Waals surface area contributed by atoms with Gasteiger partial charge in [-0.05, 0) is 97.9 Å². The predicted octanol–water partition coefficient (Wildman–Crippen LogP) is 7.18. The Morgan fingerprint density at radius 2 is 1.65 bits per heavy atom. The fourth-order valence-electron chi connectivity index (χ4n) is 11.4. The molecule has 5 fully saturated rings. The summed E-state index contributed by atoms with van der Waals surface area (Å²) in [5.41, 5.74) is -1.94. The highest BCUT2D eigenvalue weighted by molar-refractivity contribution is 6.30. The molecule has 0 radical (unpaired) electrons. The summed E-state index contributed by atoms with van der Waals surface area (Å²) in [6.45, 7) is 15.9. The zero-order chi connectivity index (χ0) is 47.7. The molecule has 4 aliphatic heterocycles. The first-order valence-corrected chi connectivity index (χ1v) is 23.9. The summed E-state index contributed by atoms with van der Waals surface area (Å²) in [4.78, 5) is 75.4. The number of aliphatic hydroxyl groups excluding tert-OH is 1. The molecule has 16 nitrogen and oxygen atoms in total. The van der Waals surface area contributed by atoms with Crippen LogP contribution in [0.25, 0.3) is 0 Å². The Kier molecular flexibility index (Phi) is 16.2. The van der Waals surface area contributed by atoms with E-state index in [2.05, 4.69) is 4.90 Å². The second kappa shape index (κ2) is 20.8. The summed E-state index contributed by atoms with van der Waals surface area (Å²) in [6.07, 6.45) is -3.13. The number of carbonyl (C=O) groups is 5. The number of aliphatic hydroxyl groups is 1. The van der Waals surface area contributed by atoms with Crippen molar-refractivity contribution in [3.05, 3.63) is 34.9 Å². The summed E-state index contributed by atoms with van der Waals surface area (Å²) in [6, 6.07) is 5.76. The lowest BCUT2D eigenvalue weighted by atomic mass is 9.73. The van der Waals surface area contributed by atoms with Crippen molar-refractivity contribution in [3.8, 4) is 0 Å². The first kappa shape index (κ1) is 50.9.